The Balaban J connectivity index is 2.16. The molecule has 0 aromatic heterocycles. The van der Waals surface area contributed by atoms with Crippen molar-refractivity contribution in [2.24, 2.45) is 0 Å². The fourth-order valence-corrected chi connectivity index (χ4v) is 3.18. The Morgan fingerprint density at radius 2 is 2.24 bits per heavy atom. The summed E-state index contributed by atoms with van der Waals surface area (Å²) in [6, 6.07) is 5.05. The maximum atomic E-state index is 5.75. The van der Waals surface area contributed by atoms with Crippen molar-refractivity contribution in [3.05, 3.63) is 41.5 Å². The van der Waals surface area contributed by atoms with Crippen molar-refractivity contribution in [3.8, 4) is 5.75 Å². The van der Waals surface area contributed by atoms with Crippen molar-refractivity contribution in [2.45, 2.75) is 39.3 Å². The quantitative estimate of drug-likeness (QED) is 0.640. The summed E-state index contributed by atoms with van der Waals surface area (Å²) < 4.78 is 5.70. The summed E-state index contributed by atoms with van der Waals surface area (Å²) in [5.41, 5.74) is 3.90. The first-order chi connectivity index (χ1) is 10.1. The van der Waals surface area contributed by atoms with Crippen molar-refractivity contribution in [3.63, 3.8) is 0 Å². The van der Waals surface area contributed by atoms with Crippen LogP contribution in [0.25, 0.3) is 0 Å². The van der Waals surface area contributed by atoms with Crippen LogP contribution in [0.2, 0.25) is 0 Å². The molecular formula is C17H25ClN2O. The zero-order valence-electron chi connectivity index (χ0n) is 13.2. The van der Waals surface area contributed by atoms with Gasteiger partial charge in [0.1, 0.15) is 12.4 Å². The van der Waals surface area contributed by atoms with Gasteiger partial charge in [-0.2, -0.15) is 0 Å². The first-order valence-corrected chi connectivity index (χ1v) is 7.90. The summed E-state index contributed by atoms with van der Waals surface area (Å²) in [5.74, 6) is 0.949. The van der Waals surface area contributed by atoms with Gasteiger partial charge in [-0.1, -0.05) is 18.7 Å². The highest BCUT2D eigenvalue weighted by Crippen LogP contribution is 2.32. The average Bonchev–Trinajstić information content (AvgIpc) is 2.97. The lowest BCUT2D eigenvalue weighted by atomic mass is 9.97. The van der Waals surface area contributed by atoms with Gasteiger partial charge < -0.3 is 4.74 Å². The van der Waals surface area contributed by atoms with Crippen molar-refractivity contribution >= 4 is 11.8 Å². The molecule has 21 heavy (non-hydrogen) atoms. The smallest absolute Gasteiger partial charge is 0.122 e. The third kappa shape index (κ3) is 3.60. The van der Waals surface area contributed by atoms with Crippen LogP contribution in [0, 0.1) is 13.8 Å². The lowest BCUT2D eigenvalue weighted by molar-refractivity contribution is 0.257. The fourth-order valence-electron chi connectivity index (χ4n) is 3.00. The standard InChI is InChI=1S/C17H25ClN2O/c1-5-10-21-17-7-6-16(12(2)13(17)3)14(4)20-9-8-15(11-20)19-18/h5-7,14-15,19H,1,8-11H2,2-4H3/t14?,15-/m1/s1. The van der Waals surface area contributed by atoms with E-state index in [0.717, 1.165) is 25.3 Å². The third-order valence-corrected chi connectivity index (χ3v) is 4.82. The molecular weight excluding hydrogens is 284 g/mol. The fraction of sp³-hybridized carbons (Fsp3) is 0.529. The minimum absolute atomic E-state index is 0.394. The van der Waals surface area contributed by atoms with Crippen LogP contribution in [-0.4, -0.2) is 30.6 Å². The van der Waals surface area contributed by atoms with Crippen molar-refractivity contribution in [1.29, 1.82) is 0 Å². The predicted molar refractivity (Wildman–Crippen MR) is 89.0 cm³/mol. The summed E-state index contributed by atoms with van der Waals surface area (Å²) >= 11 is 5.75. The third-order valence-electron chi connectivity index (χ3n) is 4.51. The van der Waals surface area contributed by atoms with E-state index in [2.05, 4.69) is 49.2 Å². The van der Waals surface area contributed by atoms with E-state index >= 15 is 0 Å². The molecule has 1 aliphatic rings. The minimum Gasteiger partial charge on any atom is -0.489 e. The van der Waals surface area contributed by atoms with Crippen LogP contribution >= 0.6 is 11.8 Å². The molecule has 1 N–H and O–H groups in total. The van der Waals surface area contributed by atoms with Crippen LogP contribution in [0.3, 0.4) is 0 Å². The van der Waals surface area contributed by atoms with Crippen LogP contribution in [0.5, 0.6) is 5.75 Å². The summed E-state index contributed by atoms with van der Waals surface area (Å²) in [6.45, 7) is 12.9. The number of halogens is 1. The lowest BCUT2D eigenvalue weighted by Gasteiger charge is -2.27. The van der Waals surface area contributed by atoms with E-state index in [4.69, 9.17) is 16.5 Å². The van der Waals surface area contributed by atoms with E-state index in [1.54, 1.807) is 6.08 Å². The number of hydrogen-bond acceptors (Lipinski definition) is 3. The van der Waals surface area contributed by atoms with E-state index in [1.807, 2.05) is 0 Å². The second-order valence-electron chi connectivity index (χ2n) is 5.77. The van der Waals surface area contributed by atoms with Crippen LogP contribution in [0.15, 0.2) is 24.8 Å². The van der Waals surface area contributed by atoms with E-state index in [1.165, 1.54) is 16.7 Å². The summed E-state index contributed by atoms with van der Waals surface area (Å²) in [7, 11) is 0. The maximum absolute atomic E-state index is 5.75. The van der Waals surface area contributed by atoms with E-state index < -0.39 is 0 Å². The Morgan fingerprint density at radius 1 is 1.48 bits per heavy atom. The van der Waals surface area contributed by atoms with E-state index in [9.17, 15) is 0 Å². The highest BCUT2D eigenvalue weighted by atomic mass is 35.5. The van der Waals surface area contributed by atoms with Gasteiger partial charge in [-0.25, -0.2) is 4.84 Å². The van der Waals surface area contributed by atoms with Crippen LogP contribution < -0.4 is 9.57 Å². The van der Waals surface area contributed by atoms with Crippen molar-refractivity contribution < 1.29 is 4.74 Å². The Bertz CT molecular complexity index is 504. The predicted octanol–water partition coefficient (Wildman–Crippen LogP) is 3.75. The molecule has 1 unspecified atom stereocenters. The molecule has 1 fully saturated rings. The highest BCUT2D eigenvalue weighted by molar-refractivity contribution is 6.13. The first-order valence-electron chi connectivity index (χ1n) is 7.52. The lowest BCUT2D eigenvalue weighted by Crippen LogP contribution is -2.29. The van der Waals surface area contributed by atoms with Gasteiger partial charge in [0.05, 0.1) is 0 Å². The largest absolute Gasteiger partial charge is 0.489 e. The van der Waals surface area contributed by atoms with E-state index in [-0.39, 0.29) is 0 Å². The number of benzene rings is 1. The molecule has 0 bridgehead atoms. The van der Waals surface area contributed by atoms with Gasteiger partial charge in [0.15, 0.2) is 0 Å². The molecule has 1 saturated heterocycles. The average molecular weight is 309 g/mol. The van der Waals surface area contributed by atoms with Crippen LogP contribution in [-0.2, 0) is 0 Å². The Labute approximate surface area is 133 Å². The number of ether oxygens (including phenoxy) is 1. The molecule has 2 rings (SSSR count). The zero-order valence-corrected chi connectivity index (χ0v) is 13.9. The molecule has 2 atom stereocenters. The van der Waals surface area contributed by atoms with Crippen LogP contribution in [0.4, 0.5) is 0 Å². The molecule has 1 aromatic rings. The SMILES string of the molecule is C=CCOc1ccc(C(C)N2CC[C@@H](NCl)C2)c(C)c1C. The number of likely N-dealkylation sites (tertiary alicyclic amines) is 1. The molecule has 1 aromatic carbocycles. The molecule has 0 aliphatic carbocycles. The molecule has 0 spiro atoms. The van der Waals surface area contributed by atoms with Crippen molar-refractivity contribution in [2.75, 3.05) is 19.7 Å². The van der Waals surface area contributed by atoms with E-state index in [0.29, 0.717) is 18.7 Å². The van der Waals surface area contributed by atoms with Gasteiger partial charge in [0, 0.05) is 25.2 Å². The second-order valence-corrected chi connectivity index (χ2v) is 5.99. The summed E-state index contributed by atoms with van der Waals surface area (Å²) in [6.07, 6.45) is 2.88. The number of hydrogen-bond donors (Lipinski definition) is 1. The molecule has 1 heterocycles. The number of nitrogens with zero attached hydrogens (tertiary/aromatic N) is 1. The normalized spacial score (nSPS) is 20.5. The first kappa shape index (κ1) is 16.3. The molecule has 0 amide bonds. The maximum Gasteiger partial charge on any atom is 0.122 e. The Morgan fingerprint density at radius 3 is 2.86 bits per heavy atom. The Kier molecular flexibility index (Phi) is 5.68. The summed E-state index contributed by atoms with van der Waals surface area (Å²) in [4.78, 5) is 5.34. The van der Waals surface area contributed by atoms with Gasteiger partial charge >= 0.3 is 0 Å². The van der Waals surface area contributed by atoms with Gasteiger partial charge in [-0.15, -0.1) is 0 Å². The summed E-state index contributed by atoms with van der Waals surface area (Å²) in [5, 5.41) is 0. The molecule has 1 aliphatic heterocycles. The zero-order chi connectivity index (χ0) is 15.4. The molecule has 3 nitrogen and oxygen atoms in total. The Hall–Kier alpha value is -1.03. The topological polar surface area (TPSA) is 24.5 Å². The number of nitrogens with one attached hydrogen (secondary N) is 1. The van der Waals surface area contributed by atoms with Gasteiger partial charge in [0.25, 0.3) is 0 Å². The molecule has 0 saturated carbocycles. The molecule has 116 valence electrons. The van der Waals surface area contributed by atoms with Gasteiger partial charge in [0.2, 0.25) is 0 Å². The molecule has 0 radical (unpaired) electrons. The van der Waals surface area contributed by atoms with Crippen LogP contribution in [0.1, 0.15) is 36.1 Å². The number of rotatable bonds is 6. The molecule has 4 heteroatoms. The van der Waals surface area contributed by atoms with Crippen molar-refractivity contribution in [1.82, 2.24) is 9.74 Å². The monoisotopic (exact) mass is 308 g/mol. The van der Waals surface area contributed by atoms with Gasteiger partial charge in [-0.05, 0) is 61.7 Å². The van der Waals surface area contributed by atoms with Gasteiger partial charge in [-0.3, -0.25) is 4.90 Å². The highest BCUT2D eigenvalue weighted by Gasteiger charge is 2.27. The second kappa shape index (κ2) is 7.30. The minimum atomic E-state index is 0.394.